The van der Waals surface area contributed by atoms with Gasteiger partial charge in [0, 0.05) is 21.3 Å². The van der Waals surface area contributed by atoms with Crippen molar-refractivity contribution in [3.63, 3.8) is 0 Å². The fraction of sp³-hybridized carbons (Fsp3) is 0.250. The van der Waals surface area contributed by atoms with Crippen molar-refractivity contribution in [1.29, 1.82) is 0 Å². The molecule has 2 aromatic heterocycles. The van der Waals surface area contributed by atoms with E-state index in [1.165, 1.54) is 5.56 Å². The Hall–Kier alpha value is -1.72. The average Bonchev–Trinajstić information content (AvgIpc) is 2.77. The van der Waals surface area contributed by atoms with Gasteiger partial charge < -0.3 is 5.73 Å². The zero-order chi connectivity index (χ0) is 15.9. The van der Waals surface area contributed by atoms with Crippen molar-refractivity contribution in [3.8, 4) is 0 Å². The fourth-order valence-electron chi connectivity index (χ4n) is 2.62. The summed E-state index contributed by atoms with van der Waals surface area (Å²) in [7, 11) is 0. The lowest BCUT2D eigenvalue weighted by molar-refractivity contribution is 0.853. The molecule has 6 heteroatoms. The minimum absolute atomic E-state index is 0.494. The molecule has 1 aromatic carbocycles. The highest BCUT2D eigenvalue weighted by molar-refractivity contribution is 7.99. The third kappa shape index (κ3) is 2.55. The van der Waals surface area contributed by atoms with Crippen LogP contribution in [-0.4, -0.2) is 14.6 Å². The summed E-state index contributed by atoms with van der Waals surface area (Å²) in [6, 6.07) is 7.69. The Morgan fingerprint density at radius 2 is 2.09 bits per heavy atom. The molecule has 4 nitrogen and oxygen atoms in total. The number of anilines is 1. The van der Waals surface area contributed by atoms with Gasteiger partial charge in [-0.05, 0) is 44.0 Å². The first kappa shape index (κ1) is 15.2. The van der Waals surface area contributed by atoms with E-state index in [-0.39, 0.29) is 0 Å². The minimum Gasteiger partial charge on any atom is -0.381 e. The van der Waals surface area contributed by atoms with E-state index in [0.717, 1.165) is 33.2 Å². The Morgan fingerprint density at radius 1 is 1.32 bits per heavy atom. The second kappa shape index (κ2) is 5.82. The molecule has 0 aliphatic carbocycles. The topological polar surface area (TPSA) is 56.2 Å². The van der Waals surface area contributed by atoms with Crippen molar-refractivity contribution in [2.24, 2.45) is 0 Å². The van der Waals surface area contributed by atoms with Crippen LogP contribution in [-0.2, 0) is 6.42 Å². The van der Waals surface area contributed by atoms with Gasteiger partial charge in [0.25, 0.3) is 0 Å². The van der Waals surface area contributed by atoms with E-state index in [9.17, 15) is 0 Å². The second-order valence-corrected chi connectivity index (χ2v) is 6.64. The summed E-state index contributed by atoms with van der Waals surface area (Å²) in [5.74, 6) is 0.494. The molecular formula is C16H17ClN4S. The van der Waals surface area contributed by atoms with E-state index < -0.39 is 0 Å². The third-order valence-electron chi connectivity index (χ3n) is 3.68. The van der Waals surface area contributed by atoms with Crippen LogP contribution in [0.25, 0.3) is 5.65 Å². The lowest BCUT2D eigenvalue weighted by Gasteiger charge is -2.09. The predicted molar refractivity (Wildman–Crippen MR) is 91.8 cm³/mol. The Labute approximate surface area is 138 Å². The summed E-state index contributed by atoms with van der Waals surface area (Å²) in [5.41, 5.74) is 10.3. The van der Waals surface area contributed by atoms with E-state index in [1.54, 1.807) is 11.8 Å². The van der Waals surface area contributed by atoms with Crippen LogP contribution in [0.3, 0.4) is 0 Å². The number of rotatable bonds is 3. The van der Waals surface area contributed by atoms with Crippen LogP contribution in [0, 0.1) is 13.8 Å². The largest absolute Gasteiger partial charge is 0.381 e. The van der Waals surface area contributed by atoms with Gasteiger partial charge in [-0.25, -0.2) is 9.50 Å². The number of nitrogens with two attached hydrogens (primary N) is 1. The van der Waals surface area contributed by atoms with Gasteiger partial charge in [0.2, 0.25) is 0 Å². The molecule has 0 unspecified atom stereocenters. The number of aromatic nitrogens is 3. The van der Waals surface area contributed by atoms with Crippen molar-refractivity contribution >= 4 is 34.8 Å². The van der Waals surface area contributed by atoms with Gasteiger partial charge >= 0.3 is 0 Å². The van der Waals surface area contributed by atoms with Crippen LogP contribution in [0.4, 0.5) is 5.82 Å². The number of hydrogen-bond acceptors (Lipinski definition) is 4. The first-order valence-electron chi connectivity index (χ1n) is 7.09. The number of halogens is 1. The Balaban J connectivity index is 2.16. The van der Waals surface area contributed by atoms with Crippen LogP contribution in [0.5, 0.6) is 0 Å². The molecule has 0 saturated heterocycles. The molecule has 0 atom stereocenters. The maximum absolute atomic E-state index is 6.12. The van der Waals surface area contributed by atoms with Gasteiger partial charge in [-0.2, -0.15) is 0 Å². The Kier molecular flexibility index (Phi) is 4.02. The summed E-state index contributed by atoms with van der Waals surface area (Å²) in [6.45, 7) is 6.21. The number of benzene rings is 1. The van der Waals surface area contributed by atoms with Crippen molar-refractivity contribution in [2.45, 2.75) is 37.0 Å². The van der Waals surface area contributed by atoms with Gasteiger partial charge in [-0.15, -0.1) is 5.10 Å². The van der Waals surface area contributed by atoms with Gasteiger partial charge in [-0.1, -0.05) is 36.4 Å². The molecule has 0 radical (unpaired) electrons. The molecular weight excluding hydrogens is 316 g/mol. The number of nitrogen functional groups attached to an aromatic ring is 1. The van der Waals surface area contributed by atoms with E-state index in [1.807, 2.05) is 35.7 Å². The normalized spacial score (nSPS) is 11.3. The molecule has 22 heavy (non-hydrogen) atoms. The molecule has 0 amide bonds. The lowest BCUT2D eigenvalue weighted by atomic mass is 10.1. The molecule has 0 aliphatic rings. The molecule has 2 heterocycles. The SMILES string of the molecule is CCc1c(C)nc2c(Sc3cccc(Cl)c3)c(N)nn2c1C. The van der Waals surface area contributed by atoms with Gasteiger partial charge in [0.1, 0.15) is 4.90 Å². The monoisotopic (exact) mass is 332 g/mol. The summed E-state index contributed by atoms with van der Waals surface area (Å²) in [6.07, 6.45) is 0.928. The van der Waals surface area contributed by atoms with Gasteiger partial charge in [0.05, 0.1) is 0 Å². The summed E-state index contributed by atoms with van der Waals surface area (Å²) in [4.78, 5) is 6.60. The van der Waals surface area contributed by atoms with Crippen molar-refractivity contribution in [3.05, 3.63) is 46.2 Å². The number of aryl methyl sites for hydroxylation is 2. The van der Waals surface area contributed by atoms with E-state index in [0.29, 0.717) is 10.8 Å². The minimum atomic E-state index is 0.494. The zero-order valence-corrected chi connectivity index (χ0v) is 14.3. The number of fused-ring (bicyclic) bond motifs is 1. The summed E-state index contributed by atoms with van der Waals surface area (Å²) >= 11 is 7.59. The van der Waals surface area contributed by atoms with Gasteiger partial charge in [-0.3, -0.25) is 0 Å². The summed E-state index contributed by atoms with van der Waals surface area (Å²) < 4.78 is 1.84. The second-order valence-electron chi connectivity index (χ2n) is 5.12. The fourth-order valence-corrected chi connectivity index (χ4v) is 3.81. The van der Waals surface area contributed by atoms with E-state index >= 15 is 0 Å². The molecule has 0 saturated carbocycles. The number of hydrogen-bond donors (Lipinski definition) is 1. The first-order valence-corrected chi connectivity index (χ1v) is 8.28. The van der Waals surface area contributed by atoms with Crippen molar-refractivity contribution in [2.75, 3.05) is 5.73 Å². The molecule has 114 valence electrons. The Morgan fingerprint density at radius 3 is 2.77 bits per heavy atom. The lowest BCUT2D eigenvalue weighted by Crippen LogP contribution is -2.04. The first-order chi connectivity index (χ1) is 10.5. The van der Waals surface area contributed by atoms with E-state index in [2.05, 4.69) is 18.9 Å². The highest BCUT2D eigenvalue weighted by atomic mass is 35.5. The molecule has 0 spiro atoms. The Bertz CT molecular complexity index is 857. The van der Waals surface area contributed by atoms with Crippen LogP contribution in [0.1, 0.15) is 23.9 Å². The van der Waals surface area contributed by atoms with Crippen LogP contribution in [0.15, 0.2) is 34.1 Å². The van der Waals surface area contributed by atoms with E-state index in [4.69, 9.17) is 22.3 Å². The predicted octanol–water partition coefficient (Wildman–Crippen LogP) is 4.30. The molecule has 2 N–H and O–H groups in total. The average molecular weight is 333 g/mol. The van der Waals surface area contributed by atoms with Crippen LogP contribution >= 0.6 is 23.4 Å². The quantitative estimate of drug-likeness (QED) is 0.777. The van der Waals surface area contributed by atoms with Gasteiger partial charge in [0.15, 0.2) is 11.5 Å². The molecule has 0 aliphatic heterocycles. The maximum Gasteiger partial charge on any atom is 0.171 e. The highest BCUT2D eigenvalue weighted by Crippen LogP contribution is 2.36. The van der Waals surface area contributed by atoms with Crippen LogP contribution < -0.4 is 5.73 Å². The maximum atomic E-state index is 6.12. The zero-order valence-electron chi connectivity index (χ0n) is 12.7. The third-order valence-corrected chi connectivity index (χ3v) is 5.00. The number of nitrogens with zero attached hydrogens (tertiary/aromatic N) is 3. The molecule has 3 aromatic rings. The smallest absolute Gasteiger partial charge is 0.171 e. The van der Waals surface area contributed by atoms with Crippen molar-refractivity contribution in [1.82, 2.24) is 14.6 Å². The standard InChI is InChI=1S/C16H17ClN4S/c1-4-13-9(2)19-16-14(15(18)20-21(16)10(13)3)22-12-7-5-6-11(17)8-12/h5-8H,4H2,1-3H3,(H2,18,20). The molecule has 0 fully saturated rings. The highest BCUT2D eigenvalue weighted by Gasteiger charge is 2.17. The molecule has 0 bridgehead atoms. The van der Waals surface area contributed by atoms with Crippen molar-refractivity contribution < 1.29 is 0 Å². The summed E-state index contributed by atoms with van der Waals surface area (Å²) in [5, 5.41) is 5.16. The molecule has 3 rings (SSSR count). The van der Waals surface area contributed by atoms with Crippen LogP contribution in [0.2, 0.25) is 5.02 Å².